The van der Waals surface area contributed by atoms with Crippen LogP contribution in [0.15, 0.2) is 41.5 Å². The molecule has 3 nitrogen and oxygen atoms in total. The average Bonchev–Trinajstić information content (AvgIpc) is 2.46. The van der Waals surface area contributed by atoms with Crippen LogP contribution in [0.2, 0.25) is 0 Å². The number of rotatable bonds is 1. The van der Waals surface area contributed by atoms with Crippen LogP contribution in [0.3, 0.4) is 0 Å². The molecule has 1 unspecified atom stereocenters. The van der Waals surface area contributed by atoms with E-state index in [0.717, 1.165) is 33.9 Å². The average molecular weight is 299 g/mol. The van der Waals surface area contributed by atoms with Gasteiger partial charge in [-0.2, -0.15) is 0 Å². The van der Waals surface area contributed by atoms with E-state index in [2.05, 4.69) is 43.2 Å². The lowest BCUT2D eigenvalue weighted by Gasteiger charge is -2.31. The van der Waals surface area contributed by atoms with E-state index >= 15 is 0 Å². The smallest absolute Gasteiger partial charge is 0.161 e. The third-order valence-corrected chi connectivity index (χ3v) is 4.67. The number of aromatic nitrogens is 1. The first-order chi connectivity index (χ1) is 10.0. The largest absolute Gasteiger partial charge is 0.334 e. The van der Waals surface area contributed by atoms with Crippen LogP contribution >= 0.6 is 11.8 Å². The topological polar surface area (TPSA) is 37.3 Å². The summed E-state index contributed by atoms with van der Waals surface area (Å²) >= 11 is 1.79. The first-order valence-electron chi connectivity index (χ1n) is 7.35. The highest BCUT2D eigenvalue weighted by atomic mass is 32.2. The Morgan fingerprint density at radius 2 is 2.05 bits per heavy atom. The van der Waals surface area contributed by atoms with Gasteiger partial charge in [-0.1, -0.05) is 50.7 Å². The number of amidine groups is 1. The first kappa shape index (κ1) is 14.4. The summed E-state index contributed by atoms with van der Waals surface area (Å²) in [6, 6.07) is 10.7. The molecule has 1 atom stereocenters. The van der Waals surface area contributed by atoms with Gasteiger partial charge in [0.25, 0.3) is 0 Å². The fourth-order valence-corrected chi connectivity index (χ4v) is 3.39. The molecule has 4 heteroatoms. The maximum Gasteiger partial charge on any atom is 0.161 e. The Hall–Kier alpha value is -1.55. The Kier molecular flexibility index (Phi) is 3.89. The van der Waals surface area contributed by atoms with Crippen LogP contribution in [0.1, 0.15) is 27.2 Å². The van der Waals surface area contributed by atoms with Crippen LogP contribution in [0.4, 0.5) is 5.69 Å². The summed E-state index contributed by atoms with van der Waals surface area (Å²) in [5.41, 5.74) is 2.25. The zero-order valence-electron chi connectivity index (χ0n) is 12.8. The van der Waals surface area contributed by atoms with Crippen molar-refractivity contribution < 1.29 is 0 Å². The van der Waals surface area contributed by atoms with Crippen LogP contribution in [0.5, 0.6) is 0 Å². The fourth-order valence-electron chi connectivity index (χ4n) is 2.47. The molecule has 0 amide bonds. The monoisotopic (exact) mass is 299 g/mol. The van der Waals surface area contributed by atoms with Crippen molar-refractivity contribution in [2.45, 2.75) is 33.2 Å². The Balaban J connectivity index is 1.82. The number of pyridine rings is 1. The van der Waals surface area contributed by atoms with Crippen LogP contribution in [0, 0.1) is 5.41 Å². The molecule has 21 heavy (non-hydrogen) atoms. The molecule has 0 aliphatic carbocycles. The second-order valence-corrected chi connectivity index (χ2v) is 7.58. The molecule has 1 N–H and O–H groups in total. The summed E-state index contributed by atoms with van der Waals surface area (Å²) in [5, 5.41) is 5.59. The molecule has 2 heterocycles. The van der Waals surface area contributed by atoms with Crippen LogP contribution in [0.25, 0.3) is 10.9 Å². The van der Waals surface area contributed by atoms with Gasteiger partial charge < -0.3 is 5.32 Å². The van der Waals surface area contributed by atoms with Crippen molar-refractivity contribution in [1.29, 1.82) is 0 Å². The van der Waals surface area contributed by atoms with E-state index in [0.29, 0.717) is 6.04 Å². The summed E-state index contributed by atoms with van der Waals surface area (Å²) < 4.78 is 0. The molecule has 0 saturated heterocycles. The fraction of sp³-hybridized carbons (Fsp3) is 0.412. The molecule has 1 aliphatic rings. The Morgan fingerprint density at radius 3 is 2.86 bits per heavy atom. The summed E-state index contributed by atoms with van der Waals surface area (Å²) in [4.78, 5) is 9.36. The minimum Gasteiger partial charge on any atom is -0.334 e. The third-order valence-electron chi connectivity index (χ3n) is 3.74. The predicted octanol–water partition coefficient (Wildman–Crippen LogP) is 4.55. The highest BCUT2D eigenvalue weighted by Crippen LogP contribution is 2.31. The molecule has 1 aromatic carbocycles. The molecular formula is C17H21N3S. The maximum atomic E-state index is 4.87. The van der Waals surface area contributed by atoms with Crippen LogP contribution in [-0.2, 0) is 0 Å². The lowest BCUT2D eigenvalue weighted by Crippen LogP contribution is -2.30. The van der Waals surface area contributed by atoms with Gasteiger partial charge in [0.1, 0.15) is 0 Å². The predicted molar refractivity (Wildman–Crippen MR) is 93.1 cm³/mol. The van der Waals surface area contributed by atoms with Gasteiger partial charge in [0, 0.05) is 11.1 Å². The molecule has 0 saturated carbocycles. The molecule has 1 aromatic heterocycles. The van der Waals surface area contributed by atoms with Gasteiger partial charge in [-0.3, -0.25) is 9.98 Å². The van der Waals surface area contributed by atoms with Crippen molar-refractivity contribution in [2.24, 2.45) is 10.4 Å². The van der Waals surface area contributed by atoms with Crippen molar-refractivity contribution in [3.05, 3.63) is 36.5 Å². The Morgan fingerprint density at radius 1 is 1.24 bits per heavy atom. The van der Waals surface area contributed by atoms with Crippen molar-refractivity contribution >= 4 is 33.5 Å². The summed E-state index contributed by atoms with van der Waals surface area (Å²) in [7, 11) is 0. The summed E-state index contributed by atoms with van der Waals surface area (Å²) in [6.07, 6.45) is 3.03. The highest BCUT2D eigenvalue weighted by molar-refractivity contribution is 8.14. The number of anilines is 1. The Bertz CT molecular complexity index is 673. The van der Waals surface area contributed by atoms with E-state index in [1.165, 1.54) is 0 Å². The second-order valence-electron chi connectivity index (χ2n) is 6.49. The highest BCUT2D eigenvalue weighted by Gasteiger charge is 2.27. The maximum absolute atomic E-state index is 4.87. The second kappa shape index (κ2) is 5.68. The molecule has 0 spiro atoms. The number of para-hydroxylation sites is 1. The minimum absolute atomic E-state index is 0.218. The lowest BCUT2D eigenvalue weighted by molar-refractivity contribution is 0.316. The number of fused-ring (bicyclic) bond motifs is 1. The van der Waals surface area contributed by atoms with Crippen LogP contribution in [-0.4, -0.2) is 21.9 Å². The molecule has 1 aliphatic heterocycles. The van der Waals surface area contributed by atoms with Gasteiger partial charge in [-0.25, -0.2) is 0 Å². The van der Waals surface area contributed by atoms with Crippen molar-refractivity contribution in [1.82, 2.24) is 4.98 Å². The molecule has 110 valence electrons. The number of nitrogens with zero attached hydrogens (tertiary/aromatic N) is 2. The third kappa shape index (κ3) is 3.38. The van der Waals surface area contributed by atoms with E-state index < -0.39 is 0 Å². The zero-order valence-corrected chi connectivity index (χ0v) is 13.6. The van der Waals surface area contributed by atoms with Gasteiger partial charge >= 0.3 is 0 Å². The standard InChI is InChI=1S/C17H21N3S/c1-17(2,3)15-8-9-21-16(20-15)19-13-10-12-6-4-5-7-14(12)18-11-13/h4-7,10-11,15H,8-9H2,1-3H3,(H,19,20). The number of thioether (sulfide) groups is 1. The zero-order chi connectivity index (χ0) is 14.9. The normalized spacial score (nSPS) is 19.4. The molecule has 0 fully saturated rings. The number of hydrogen-bond acceptors (Lipinski definition) is 4. The van der Waals surface area contributed by atoms with E-state index in [-0.39, 0.29) is 5.41 Å². The van der Waals surface area contributed by atoms with E-state index in [1.807, 2.05) is 24.4 Å². The Labute approximate surface area is 130 Å². The van der Waals surface area contributed by atoms with Gasteiger partial charge in [0.05, 0.1) is 23.4 Å². The number of aliphatic imine (C=N–C) groups is 1. The van der Waals surface area contributed by atoms with Crippen LogP contribution < -0.4 is 5.32 Å². The molecular weight excluding hydrogens is 278 g/mol. The van der Waals surface area contributed by atoms with Crippen molar-refractivity contribution in [3.8, 4) is 0 Å². The molecule has 0 bridgehead atoms. The minimum atomic E-state index is 0.218. The van der Waals surface area contributed by atoms with Gasteiger partial charge in [-0.05, 0) is 24.0 Å². The SMILES string of the molecule is CC(C)(C)C1CCSC(Nc2cnc3ccccc3c2)=N1. The van der Waals surface area contributed by atoms with E-state index in [9.17, 15) is 0 Å². The molecule has 3 rings (SSSR count). The van der Waals surface area contributed by atoms with Crippen molar-refractivity contribution in [2.75, 3.05) is 11.1 Å². The van der Waals surface area contributed by atoms with Gasteiger partial charge in [-0.15, -0.1) is 0 Å². The van der Waals surface area contributed by atoms with E-state index in [1.54, 1.807) is 11.8 Å². The van der Waals surface area contributed by atoms with Crippen molar-refractivity contribution in [3.63, 3.8) is 0 Å². The number of hydrogen-bond donors (Lipinski definition) is 1. The quantitative estimate of drug-likeness (QED) is 0.839. The summed E-state index contributed by atoms with van der Waals surface area (Å²) in [6.45, 7) is 6.77. The number of nitrogens with one attached hydrogen (secondary N) is 1. The summed E-state index contributed by atoms with van der Waals surface area (Å²) in [5.74, 6) is 1.12. The van der Waals surface area contributed by atoms with Gasteiger partial charge in [0.2, 0.25) is 0 Å². The lowest BCUT2D eigenvalue weighted by atomic mass is 9.85. The van der Waals surface area contributed by atoms with E-state index in [4.69, 9.17) is 4.99 Å². The molecule has 0 radical (unpaired) electrons. The van der Waals surface area contributed by atoms with Gasteiger partial charge in [0.15, 0.2) is 5.17 Å². The molecule has 2 aromatic rings. The first-order valence-corrected chi connectivity index (χ1v) is 8.33. The number of benzene rings is 1.